The van der Waals surface area contributed by atoms with Gasteiger partial charge in [-0.3, -0.25) is 0 Å². The molecule has 0 bridgehead atoms. The van der Waals surface area contributed by atoms with Crippen molar-refractivity contribution in [3.63, 3.8) is 0 Å². The highest BCUT2D eigenvalue weighted by Crippen LogP contribution is 2.31. The maximum atomic E-state index is 5.66. The van der Waals surface area contributed by atoms with E-state index in [9.17, 15) is 0 Å². The third-order valence-corrected chi connectivity index (χ3v) is 2.90. The number of ether oxygens (including phenoxy) is 1. The summed E-state index contributed by atoms with van der Waals surface area (Å²) in [7, 11) is 0. The van der Waals surface area contributed by atoms with Crippen LogP contribution in [0.5, 0.6) is 5.75 Å². The van der Waals surface area contributed by atoms with Crippen molar-refractivity contribution in [2.75, 3.05) is 13.2 Å². The molecule has 1 atom stereocenters. The van der Waals surface area contributed by atoms with Gasteiger partial charge in [-0.25, -0.2) is 0 Å². The van der Waals surface area contributed by atoms with E-state index in [4.69, 9.17) is 4.74 Å². The quantitative estimate of drug-likeness (QED) is 0.819. The number of nitrogens with one attached hydrogen (secondary N) is 1. The highest BCUT2D eigenvalue weighted by Gasteiger charge is 2.19. The van der Waals surface area contributed by atoms with Gasteiger partial charge in [-0.05, 0) is 39.3 Å². The second kappa shape index (κ2) is 4.67. The Morgan fingerprint density at radius 2 is 2.33 bits per heavy atom. The summed E-state index contributed by atoms with van der Waals surface area (Å²) in [5, 5.41) is 3.52. The zero-order valence-corrected chi connectivity index (χ0v) is 9.55. The lowest BCUT2D eigenvalue weighted by molar-refractivity contribution is 0.333. The number of hydrogen-bond donors (Lipinski definition) is 1. The minimum atomic E-state index is 0.492. The molecule has 1 aliphatic rings. The maximum Gasteiger partial charge on any atom is 0.124 e. The van der Waals surface area contributed by atoms with Crippen LogP contribution in [0.4, 0.5) is 0 Å². The molecule has 1 N–H and O–H groups in total. The summed E-state index contributed by atoms with van der Waals surface area (Å²) in [6, 6.07) is 6.94. The van der Waals surface area contributed by atoms with Gasteiger partial charge in [0.05, 0.1) is 6.61 Å². The SMILES string of the molecule is CCOc1ccc(C)cc1C1CCCN1. The summed E-state index contributed by atoms with van der Waals surface area (Å²) < 4.78 is 5.66. The summed E-state index contributed by atoms with van der Waals surface area (Å²) in [4.78, 5) is 0. The highest BCUT2D eigenvalue weighted by atomic mass is 16.5. The van der Waals surface area contributed by atoms with Crippen molar-refractivity contribution in [2.45, 2.75) is 32.7 Å². The Kier molecular flexibility index (Phi) is 3.27. The molecule has 1 unspecified atom stereocenters. The van der Waals surface area contributed by atoms with Gasteiger partial charge in [-0.1, -0.05) is 17.7 Å². The van der Waals surface area contributed by atoms with Gasteiger partial charge in [0.2, 0.25) is 0 Å². The number of rotatable bonds is 3. The van der Waals surface area contributed by atoms with E-state index < -0.39 is 0 Å². The fourth-order valence-corrected chi connectivity index (χ4v) is 2.18. The van der Waals surface area contributed by atoms with Crippen molar-refractivity contribution in [1.82, 2.24) is 5.32 Å². The first-order valence-electron chi connectivity index (χ1n) is 5.78. The second-order valence-corrected chi connectivity index (χ2v) is 4.12. The van der Waals surface area contributed by atoms with Gasteiger partial charge in [0, 0.05) is 11.6 Å². The first-order valence-corrected chi connectivity index (χ1v) is 5.78. The molecule has 0 spiro atoms. The van der Waals surface area contributed by atoms with Crippen molar-refractivity contribution in [3.8, 4) is 5.75 Å². The number of aryl methyl sites for hydroxylation is 1. The summed E-state index contributed by atoms with van der Waals surface area (Å²) >= 11 is 0. The van der Waals surface area contributed by atoms with Crippen LogP contribution in [0.3, 0.4) is 0 Å². The minimum Gasteiger partial charge on any atom is -0.494 e. The lowest BCUT2D eigenvalue weighted by atomic mass is 10.0. The third-order valence-electron chi connectivity index (χ3n) is 2.90. The predicted molar refractivity (Wildman–Crippen MR) is 62.3 cm³/mol. The van der Waals surface area contributed by atoms with Crippen LogP contribution in [0.15, 0.2) is 18.2 Å². The van der Waals surface area contributed by atoms with E-state index in [1.165, 1.54) is 24.0 Å². The topological polar surface area (TPSA) is 21.3 Å². The maximum absolute atomic E-state index is 5.66. The molecular weight excluding hydrogens is 186 g/mol. The fraction of sp³-hybridized carbons (Fsp3) is 0.538. The number of benzene rings is 1. The molecule has 1 saturated heterocycles. The molecule has 82 valence electrons. The van der Waals surface area contributed by atoms with E-state index in [1.807, 2.05) is 6.92 Å². The first-order chi connectivity index (χ1) is 7.31. The summed E-state index contributed by atoms with van der Waals surface area (Å²) in [5.41, 5.74) is 2.64. The van der Waals surface area contributed by atoms with E-state index in [1.54, 1.807) is 0 Å². The van der Waals surface area contributed by atoms with Crippen molar-refractivity contribution in [2.24, 2.45) is 0 Å². The van der Waals surface area contributed by atoms with Crippen molar-refractivity contribution in [3.05, 3.63) is 29.3 Å². The van der Waals surface area contributed by atoms with Crippen LogP contribution in [-0.2, 0) is 0 Å². The molecule has 1 heterocycles. The van der Waals surface area contributed by atoms with E-state index in [0.29, 0.717) is 6.04 Å². The number of hydrogen-bond acceptors (Lipinski definition) is 2. The summed E-state index contributed by atoms with van der Waals surface area (Å²) in [6.07, 6.45) is 2.49. The molecule has 15 heavy (non-hydrogen) atoms. The molecule has 0 amide bonds. The van der Waals surface area contributed by atoms with Crippen LogP contribution in [0, 0.1) is 6.92 Å². The Morgan fingerprint density at radius 1 is 1.47 bits per heavy atom. The highest BCUT2D eigenvalue weighted by molar-refractivity contribution is 5.39. The molecular formula is C13H19NO. The summed E-state index contributed by atoms with van der Waals surface area (Å²) in [5.74, 6) is 1.04. The lowest BCUT2D eigenvalue weighted by Crippen LogP contribution is -2.14. The molecule has 2 rings (SSSR count). The molecule has 2 heteroatoms. The molecule has 1 aromatic carbocycles. The zero-order chi connectivity index (χ0) is 10.7. The molecule has 0 saturated carbocycles. The smallest absolute Gasteiger partial charge is 0.124 e. The van der Waals surface area contributed by atoms with Gasteiger partial charge in [-0.15, -0.1) is 0 Å². The molecule has 0 aromatic heterocycles. The molecule has 0 radical (unpaired) electrons. The monoisotopic (exact) mass is 205 g/mol. The first kappa shape index (κ1) is 10.5. The Bertz CT molecular complexity index is 329. The van der Waals surface area contributed by atoms with Crippen LogP contribution in [0.25, 0.3) is 0 Å². The average molecular weight is 205 g/mol. The van der Waals surface area contributed by atoms with Gasteiger partial charge in [-0.2, -0.15) is 0 Å². The fourth-order valence-electron chi connectivity index (χ4n) is 2.18. The third kappa shape index (κ3) is 2.32. The molecule has 2 nitrogen and oxygen atoms in total. The second-order valence-electron chi connectivity index (χ2n) is 4.12. The van der Waals surface area contributed by atoms with E-state index in [-0.39, 0.29) is 0 Å². The van der Waals surface area contributed by atoms with E-state index in [0.717, 1.165) is 18.9 Å². The average Bonchev–Trinajstić information content (AvgIpc) is 2.74. The van der Waals surface area contributed by atoms with Crippen LogP contribution >= 0.6 is 0 Å². The predicted octanol–water partition coefficient (Wildman–Crippen LogP) is 2.82. The standard InChI is InChI=1S/C13H19NO/c1-3-15-13-7-6-10(2)9-11(13)12-5-4-8-14-12/h6-7,9,12,14H,3-5,8H2,1-2H3. The largest absolute Gasteiger partial charge is 0.494 e. The molecule has 0 aliphatic carbocycles. The van der Waals surface area contributed by atoms with Gasteiger partial charge in [0.25, 0.3) is 0 Å². The van der Waals surface area contributed by atoms with Crippen LogP contribution < -0.4 is 10.1 Å². The molecule has 1 aromatic rings. The van der Waals surface area contributed by atoms with E-state index >= 15 is 0 Å². The van der Waals surface area contributed by atoms with Gasteiger partial charge < -0.3 is 10.1 Å². The van der Waals surface area contributed by atoms with Gasteiger partial charge >= 0.3 is 0 Å². The Morgan fingerprint density at radius 3 is 3.00 bits per heavy atom. The van der Waals surface area contributed by atoms with Crippen molar-refractivity contribution >= 4 is 0 Å². The van der Waals surface area contributed by atoms with Crippen molar-refractivity contribution in [1.29, 1.82) is 0 Å². The zero-order valence-electron chi connectivity index (χ0n) is 9.55. The van der Waals surface area contributed by atoms with Gasteiger partial charge in [0.1, 0.15) is 5.75 Å². The molecule has 1 aliphatic heterocycles. The normalized spacial score (nSPS) is 20.5. The molecule has 1 fully saturated rings. The van der Waals surface area contributed by atoms with Crippen LogP contribution in [0.1, 0.15) is 36.9 Å². The van der Waals surface area contributed by atoms with Crippen LogP contribution in [0.2, 0.25) is 0 Å². The lowest BCUT2D eigenvalue weighted by Gasteiger charge is -2.16. The Balaban J connectivity index is 2.28. The summed E-state index contributed by atoms with van der Waals surface area (Å²) in [6.45, 7) is 6.03. The Labute approximate surface area is 91.6 Å². The van der Waals surface area contributed by atoms with Crippen LogP contribution in [-0.4, -0.2) is 13.2 Å². The Hall–Kier alpha value is -1.02. The van der Waals surface area contributed by atoms with Crippen molar-refractivity contribution < 1.29 is 4.74 Å². The van der Waals surface area contributed by atoms with Gasteiger partial charge in [0.15, 0.2) is 0 Å². The van der Waals surface area contributed by atoms with E-state index in [2.05, 4.69) is 30.4 Å². The minimum absolute atomic E-state index is 0.492.